The molecule has 2 N–H and O–H groups in total. The SMILES string of the molecule is CC(C)(C)c1ccc(N2CC(CNCC3(O)CCCN(S(C)(=O)=O)C3)C2)nn1. The summed E-state index contributed by atoms with van der Waals surface area (Å²) in [7, 11) is -3.26. The van der Waals surface area contributed by atoms with Gasteiger partial charge in [0, 0.05) is 50.6 Å². The standard InChI is InChI=1S/C19H33N5O3S/c1-18(2,3)16-6-7-17(22-21-16)23-11-15(12-23)10-20-13-19(25)8-5-9-24(14-19)28(4,26)27/h6-7,15,20,25H,5,8-14H2,1-4H3. The Bertz CT molecular complexity index is 772. The van der Waals surface area contributed by atoms with E-state index >= 15 is 0 Å². The molecule has 158 valence electrons. The van der Waals surface area contributed by atoms with Gasteiger partial charge < -0.3 is 15.3 Å². The second-order valence-electron chi connectivity index (χ2n) is 9.35. The van der Waals surface area contributed by atoms with Crippen LogP contribution in [0.1, 0.15) is 39.3 Å². The van der Waals surface area contributed by atoms with Gasteiger partial charge in [0.1, 0.15) is 0 Å². The van der Waals surface area contributed by atoms with Gasteiger partial charge in [-0.3, -0.25) is 0 Å². The maximum absolute atomic E-state index is 11.7. The van der Waals surface area contributed by atoms with Crippen LogP contribution in [-0.4, -0.2) is 79.2 Å². The summed E-state index contributed by atoms with van der Waals surface area (Å²) < 4.78 is 24.9. The number of piperidine rings is 1. The number of hydrogen-bond acceptors (Lipinski definition) is 7. The Morgan fingerprint density at radius 1 is 1.29 bits per heavy atom. The van der Waals surface area contributed by atoms with Gasteiger partial charge >= 0.3 is 0 Å². The molecule has 0 spiro atoms. The third kappa shape index (κ3) is 5.20. The highest BCUT2D eigenvalue weighted by Crippen LogP contribution is 2.26. The fourth-order valence-electron chi connectivity index (χ4n) is 3.79. The first-order valence-electron chi connectivity index (χ1n) is 9.94. The highest BCUT2D eigenvalue weighted by atomic mass is 32.2. The Morgan fingerprint density at radius 2 is 2.00 bits per heavy atom. The summed E-state index contributed by atoms with van der Waals surface area (Å²) in [6.45, 7) is 10.1. The van der Waals surface area contributed by atoms with Crippen molar-refractivity contribution in [3.63, 3.8) is 0 Å². The topological polar surface area (TPSA) is 98.7 Å². The first-order valence-corrected chi connectivity index (χ1v) is 11.8. The number of anilines is 1. The monoisotopic (exact) mass is 411 g/mol. The molecule has 28 heavy (non-hydrogen) atoms. The van der Waals surface area contributed by atoms with Crippen molar-refractivity contribution in [3.05, 3.63) is 17.8 Å². The molecular weight excluding hydrogens is 378 g/mol. The quantitative estimate of drug-likeness (QED) is 0.707. The Morgan fingerprint density at radius 3 is 2.57 bits per heavy atom. The van der Waals surface area contributed by atoms with Gasteiger partial charge in [0.25, 0.3) is 0 Å². The summed E-state index contributed by atoms with van der Waals surface area (Å²) >= 11 is 0. The molecule has 3 heterocycles. The van der Waals surface area contributed by atoms with Gasteiger partial charge in [0.05, 0.1) is 17.6 Å². The van der Waals surface area contributed by atoms with Crippen LogP contribution in [0.25, 0.3) is 0 Å². The van der Waals surface area contributed by atoms with E-state index in [2.05, 4.69) is 41.2 Å². The summed E-state index contributed by atoms with van der Waals surface area (Å²) in [6.07, 6.45) is 2.51. The predicted octanol–water partition coefficient (Wildman–Crippen LogP) is 0.586. The van der Waals surface area contributed by atoms with Crippen LogP contribution in [0, 0.1) is 5.92 Å². The molecular formula is C19H33N5O3S. The van der Waals surface area contributed by atoms with Crippen molar-refractivity contribution in [2.45, 2.75) is 44.6 Å². The number of aliphatic hydroxyl groups is 1. The molecule has 0 bridgehead atoms. The lowest BCUT2D eigenvalue weighted by Gasteiger charge is -2.41. The number of rotatable bonds is 6. The summed E-state index contributed by atoms with van der Waals surface area (Å²) in [5.41, 5.74) is -0.00303. The Labute approximate surface area is 168 Å². The smallest absolute Gasteiger partial charge is 0.211 e. The van der Waals surface area contributed by atoms with Crippen molar-refractivity contribution in [2.75, 3.05) is 50.4 Å². The predicted molar refractivity (Wildman–Crippen MR) is 110 cm³/mol. The van der Waals surface area contributed by atoms with Crippen molar-refractivity contribution in [1.29, 1.82) is 0 Å². The molecule has 3 rings (SSSR count). The van der Waals surface area contributed by atoms with E-state index in [0.29, 0.717) is 31.8 Å². The van der Waals surface area contributed by atoms with Crippen molar-refractivity contribution >= 4 is 15.8 Å². The van der Waals surface area contributed by atoms with E-state index in [-0.39, 0.29) is 12.0 Å². The summed E-state index contributed by atoms with van der Waals surface area (Å²) in [6, 6.07) is 4.07. The molecule has 2 aliphatic heterocycles. The van der Waals surface area contributed by atoms with Crippen LogP contribution < -0.4 is 10.2 Å². The molecule has 2 aliphatic rings. The third-order valence-electron chi connectivity index (χ3n) is 5.58. The minimum Gasteiger partial charge on any atom is -0.387 e. The zero-order valence-electron chi connectivity index (χ0n) is 17.3. The molecule has 2 fully saturated rings. The summed E-state index contributed by atoms with van der Waals surface area (Å²) in [5, 5.41) is 22.8. The molecule has 9 heteroatoms. The Balaban J connectivity index is 1.42. The molecule has 1 aromatic rings. The van der Waals surface area contributed by atoms with E-state index in [9.17, 15) is 13.5 Å². The lowest BCUT2D eigenvalue weighted by molar-refractivity contribution is -0.00713. The van der Waals surface area contributed by atoms with Crippen molar-refractivity contribution in [2.24, 2.45) is 5.92 Å². The Kier molecular flexibility index (Phi) is 6.01. The van der Waals surface area contributed by atoms with Crippen molar-refractivity contribution < 1.29 is 13.5 Å². The molecule has 1 aromatic heterocycles. The van der Waals surface area contributed by atoms with Gasteiger partial charge in [-0.1, -0.05) is 20.8 Å². The molecule has 1 atom stereocenters. The highest BCUT2D eigenvalue weighted by Gasteiger charge is 2.37. The zero-order chi connectivity index (χ0) is 20.6. The van der Waals surface area contributed by atoms with Crippen LogP contribution in [0.2, 0.25) is 0 Å². The number of hydrogen-bond donors (Lipinski definition) is 2. The van der Waals surface area contributed by atoms with Gasteiger partial charge in [-0.15, -0.1) is 5.10 Å². The molecule has 2 saturated heterocycles. The van der Waals surface area contributed by atoms with Gasteiger partial charge in [0.2, 0.25) is 10.0 Å². The van der Waals surface area contributed by atoms with Crippen molar-refractivity contribution in [1.82, 2.24) is 19.8 Å². The van der Waals surface area contributed by atoms with E-state index in [1.165, 1.54) is 10.6 Å². The number of aromatic nitrogens is 2. The number of β-amino-alcohol motifs (C(OH)–C–C–N with tert-alkyl or cyclic N) is 1. The van der Waals surface area contributed by atoms with Crippen LogP contribution in [-0.2, 0) is 15.4 Å². The molecule has 1 unspecified atom stereocenters. The average molecular weight is 412 g/mol. The molecule has 0 amide bonds. The third-order valence-corrected chi connectivity index (χ3v) is 6.83. The van der Waals surface area contributed by atoms with Gasteiger partial charge in [-0.25, -0.2) is 8.42 Å². The van der Waals surface area contributed by atoms with Gasteiger partial charge in [0.15, 0.2) is 5.82 Å². The largest absolute Gasteiger partial charge is 0.387 e. The maximum Gasteiger partial charge on any atom is 0.211 e. The molecule has 8 nitrogen and oxygen atoms in total. The Hall–Kier alpha value is -1.29. The molecule has 0 aromatic carbocycles. The van der Waals surface area contributed by atoms with Crippen LogP contribution in [0.15, 0.2) is 12.1 Å². The normalized spacial score (nSPS) is 25.0. The number of nitrogens with one attached hydrogen (secondary N) is 1. The second kappa shape index (κ2) is 7.85. The van der Waals surface area contributed by atoms with E-state index in [0.717, 1.165) is 31.1 Å². The molecule has 0 radical (unpaired) electrons. The van der Waals surface area contributed by atoms with Crippen LogP contribution in [0.5, 0.6) is 0 Å². The van der Waals surface area contributed by atoms with E-state index < -0.39 is 15.6 Å². The lowest BCUT2D eigenvalue weighted by atomic mass is 9.92. The number of sulfonamides is 1. The van der Waals surface area contributed by atoms with Gasteiger partial charge in [-0.2, -0.15) is 9.40 Å². The maximum atomic E-state index is 11.7. The highest BCUT2D eigenvalue weighted by molar-refractivity contribution is 7.88. The van der Waals surface area contributed by atoms with Gasteiger partial charge in [-0.05, 0) is 25.0 Å². The fourth-order valence-corrected chi connectivity index (χ4v) is 4.72. The van der Waals surface area contributed by atoms with Crippen LogP contribution >= 0.6 is 0 Å². The fraction of sp³-hybridized carbons (Fsp3) is 0.789. The number of nitrogens with zero attached hydrogens (tertiary/aromatic N) is 4. The minimum absolute atomic E-state index is 0.00100. The minimum atomic E-state index is -3.26. The molecule has 0 aliphatic carbocycles. The van der Waals surface area contributed by atoms with E-state index in [1.807, 2.05) is 12.1 Å². The zero-order valence-corrected chi connectivity index (χ0v) is 18.2. The average Bonchev–Trinajstić information content (AvgIpc) is 2.55. The van der Waals surface area contributed by atoms with E-state index in [1.54, 1.807) is 0 Å². The molecule has 0 saturated carbocycles. The summed E-state index contributed by atoms with van der Waals surface area (Å²) in [4.78, 5) is 2.20. The summed E-state index contributed by atoms with van der Waals surface area (Å²) in [5.74, 6) is 1.39. The second-order valence-corrected chi connectivity index (χ2v) is 11.3. The van der Waals surface area contributed by atoms with Crippen molar-refractivity contribution in [3.8, 4) is 0 Å². The first-order chi connectivity index (χ1) is 13.0. The van der Waals surface area contributed by atoms with Crippen LogP contribution in [0.4, 0.5) is 5.82 Å². The van der Waals surface area contributed by atoms with Crippen LogP contribution in [0.3, 0.4) is 0 Å². The first kappa shape index (κ1) is 21.4. The van der Waals surface area contributed by atoms with E-state index in [4.69, 9.17) is 0 Å². The lowest BCUT2D eigenvalue weighted by Crippen LogP contribution is -2.57.